The number of anilines is 1. The number of hydrogen-bond acceptors (Lipinski definition) is 4. The lowest BCUT2D eigenvalue weighted by Crippen LogP contribution is -2.19. The molecule has 1 aliphatic rings. The van der Waals surface area contributed by atoms with Crippen molar-refractivity contribution in [2.75, 3.05) is 5.73 Å². The second kappa shape index (κ2) is 8.20. The monoisotopic (exact) mass is 492 g/mol. The first kappa shape index (κ1) is 20.9. The molecule has 4 aromatic rings. The molecule has 2 aromatic carbocycles. The van der Waals surface area contributed by atoms with Gasteiger partial charge >= 0.3 is 5.97 Å². The third kappa shape index (κ3) is 3.64. The summed E-state index contributed by atoms with van der Waals surface area (Å²) in [6.07, 6.45) is 5.78. The summed E-state index contributed by atoms with van der Waals surface area (Å²) in [6, 6.07) is 12.5. The fraction of sp³-hybridized carbons (Fsp3) is 0.320. The van der Waals surface area contributed by atoms with Crippen LogP contribution in [0.1, 0.15) is 49.3 Å². The van der Waals surface area contributed by atoms with E-state index < -0.39 is 5.97 Å². The molecule has 0 saturated heterocycles. The number of carboxylic acid groups (broad SMARTS) is 1. The second-order valence-electron chi connectivity index (χ2n) is 8.80. The second-order valence-corrected chi connectivity index (χ2v) is 9.65. The average Bonchev–Trinajstić information content (AvgIpc) is 3.21. The van der Waals surface area contributed by atoms with Gasteiger partial charge in [-0.05, 0) is 67.0 Å². The molecule has 164 valence electrons. The van der Waals surface area contributed by atoms with Gasteiger partial charge < -0.3 is 10.8 Å². The summed E-state index contributed by atoms with van der Waals surface area (Å²) in [7, 11) is 0. The minimum absolute atomic E-state index is 0.254. The maximum absolute atomic E-state index is 11.1. The number of aromatic nitrogens is 3. The van der Waals surface area contributed by atoms with Crippen LogP contribution in [0.2, 0.25) is 0 Å². The van der Waals surface area contributed by atoms with Gasteiger partial charge in [0.05, 0.1) is 11.9 Å². The largest absolute Gasteiger partial charge is 0.481 e. The number of benzene rings is 2. The maximum atomic E-state index is 11.1. The first-order valence-electron chi connectivity index (χ1n) is 11.0. The number of carbonyl (C=O) groups is 1. The number of halogens is 1. The van der Waals surface area contributed by atoms with Crippen molar-refractivity contribution in [3.63, 3.8) is 0 Å². The number of nitrogen functional groups attached to an aromatic ring is 1. The molecule has 0 amide bonds. The van der Waals surface area contributed by atoms with Gasteiger partial charge in [-0.3, -0.25) is 4.79 Å². The fourth-order valence-electron chi connectivity index (χ4n) is 5.02. The van der Waals surface area contributed by atoms with Crippen LogP contribution in [0, 0.1) is 12.8 Å². The summed E-state index contributed by atoms with van der Waals surface area (Å²) in [5, 5.41) is 16.0. The van der Waals surface area contributed by atoms with E-state index in [0.29, 0.717) is 11.7 Å². The molecule has 2 aromatic heterocycles. The predicted octanol–water partition coefficient (Wildman–Crippen LogP) is 5.95. The molecule has 0 atom stereocenters. The van der Waals surface area contributed by atoms with E-state index in [2.05, 4.69) is 45.3 Å². The zero-order valence-corrected chi connectivity index (χ0v) is 19.5. The molecule has 5 rings (SSSR count). The van der Waals surface area contributed by atoms with Gasteiger partial charge in [0, 0.05) is 27.9 Å². The van der Waals surface area contributed by atoms with Gasteiger partial charge in [-0.15, -0.1) is 0 Å². The van der Waals surface area contributed by atoms with E-state index in [1.165, 1.54) is 0 Å². The standard InChI is InChI=1S/C25H25BrN4O2/c1-14-23(16-8-6-15(7-9-16)10-22(31)32)29-25-20(13-28-30(25)24(14)27)18-11-17-4-2-3-5-19(17)21(26)12-18/h2-5,11-13,15-16H,6-10,27H2,1H3,(H,31,32). The van der Waals surface area contributed by atoms with Crippen LogP contribution in [0.25, 0.3) is 27.5 Å². The van der Waals surface area contributed by atoms with Gasteiger partial charge in [0.25, 0.3) is 0 Å². The number of carboxylic acids is 1. The zero-order chi connectivity index (χ0) is 22.4. The molecule has 0 unspecified atom stereocenters. The third-order valence-corrected chi connectivity index (χ3v) is 7.44. The summed E-state index contributed by atoms with van der Waals surface area (Å²) in [4.78, 5) is 16.2. The molecule has 2 heterocycles. The Hall–Kier alpha value is -2.93. The van der Waals surface area contributed by atoms with Crippen LogP contribution < -0.4 is 5.73 Å². The van der Waals surface area contributed by atoms with Crippen molar-refractivity contribution in [2.24, 2.45) is 5.92 Å². The minimum atomic E-state index is -0.709. The van der Waals surface area contributed by atoms with E-state index in [4.69, 9.17) is 15.8 Å². The number of nitrogens with two attached hydrogens (primary N) is 1. The number of hydrogen-bond donors (Lipinski definition) is 2. The van der Waals surface area contributed by atoms with Crippen molar-refractivity contribution in [1.29, 1.82) is 0 Å². The van der Waals surface area contributed by atoms with Gasteiger partial charge in [0.2, 0.25) is 0 Å². The van der Waals surface area contributed by atoms with Crippen LogP contribution in [-0.2, 0) is 4.79 Å². The number of aliphatic carboxylic acids is 1. The highest BCUT2D eigenvalue weighted by Gasteiger charge is 2.27. The van der Waals surface area contributed by atoms with Gasteiger partial charge in [-0.1, -0.05) is 40.2 Å². The Bertz CT molecular complexity index is 1340. The fourth-order valence-corrected chi connectivity index (χ4v) is 5.63. The molecule has 0 bridgehead atoms. The van der Waals surface area contributed by atoms with Crippen LogP contribution in [0.5, 0.6) is 0 Å². The van der Waals surface area contributed by atoms with Crippen LogP contribution >= 0.6 is 15.9 Å². The molecule has 6 nitrogen and oxygen atoms in total. The Morgan fingerprint density at radius 2 is 1.97 bits per heavy atom. The van der Waals surface area contributed by atoms with Crippen LogP contribution in [-0.4, -0.2) is 25.7 Å². The molecule has 0 aliphatic heterocycles. The topological polar surface area (TPSA) is 93.5 Å². The van der Waals surface area contributed by atoms with E-state index in [0.717, 1.165) is 69.0 Å². The van der Waals surface area contributed by atoms with Crippen molar-refractivity contribution in [2.45, 2.75) is 44.9 Å². The van der Waals surface area contributed by atoms with Crippen molar-refractivity contribution in [3.05, 3.63) is 58.3 Å². The summed E-state index contributed by atoms with van der Waals surface area (Å²) < 4.78 is 2.76. The Morgan fingerprint density at radius 3 is 2.72 bits per heavy atom. The first-order chi connectivity index (χ1) is 15.4. The Morgan fingerprint density at radius 1 is 1.22 bits per heavy atom. The SMILES string of the molecule is Cc1c(C2CCC(CC(=O)O)CC2)nc2c(-c3cc(Br)c4ccccc4c3)cnn2c1N. The maximum Gasteiger partial charge on any atom is 0.303 e. The summed E-state index contributed by atoms with van der Waals surface area (Å²) in [5.74, 6) is 0.451. The Kier molecular flexibility index (Phi) is 5.37. The highest BCUT2D eigenvalue weighted by Crippen LogP contribution is 2.40. The van der Waals surface area contributed by atoms with E-state index in [1.54, 1.807) is 4.52 Å². The van der Waals surface area contributed by atoms with Crippen LogP contribution in [0.4, 0.5) is 5.82 Å². The molecular weight excluding hydrogens is 468 g/mol. The summed E-state index contributed by atoms with van der Waals surface area (Å²) >= 11 is 3.71. The lowest BCUT2D eigenvalue weighted by molar-refractivity contribution is -0.138. The first-order valence-corrected chi connectivity index (χ1v) is 11.8. The Labute approximate surface area is 194 Å². The van der Waals surface area contributed by atoms with Gasteiger partial charge in [0.1, 0.15) is 5.82 Å². The summed E-state index contributed by atoms with van der Waals surface area (Å²) in [6.45, 7) is 2.01. The smallest absolute Gasteiger partial charge is 0.303 e. The zero-order valence-electron chi connectivity index (χ0n) is 17.9. The molecule has 7 heteroatoms. The van der Waals surface area contributed by atoms with Crippen molar-refractivity contribution in [1.82, 2.24) is 14.6 Å². The lowest BCUT2D eigenvalue weighted by atomic mass is 9.78. The highest BCUT2D eigenvalue weighted by molar-refractivity contribution is 9.10. The van der Waals surface area contributed by atoms with Crippen LogP contribution in [0.3, 0.4) is 0 Å². The quantitative estimate of drug-likeness (QED) is 0.366. The number of rotatable bonds is 4. The van der Waals surface area contributed by atoms with E-state index in [9.17, 15) is 4.79 Å². The molecular formula is C25H25BrN4O2. The normalized spacial score (nSPS) is 18.9. The molecule has 0 radical (unpaired) electrons. The van der Waals surface area contributed by atoms with E-state index in [-0.39, 0.29) is 12.3 Å². The van der Waals surface area contributed by atoms with Crippen molar-refractivity contribution < 1.29 is 9.90 Å². The molecule has 1 saturated carbocycles. The number of fused-ring (bicyclic) bond motifs is 2. The van der Waals surface area contributed by atoms with Gasteiger partial charge in [-0.2, -0.15) is 9.61 Å². The third-order valence-electron chi connectivity index (χ3n) is 6.79. The molecule has 3 N–H and O–H groups in total. The summed E-state index contributed by atoms with van der Waals surface area (Å²) in [5.41, 5.74) is 11.2. The van der Waals surface area contributed by atoms with E-state index >= 15 is 0 Å². The van der Waals surface area contributed by atoms with Gasteiger partial charge in [0.15, 0.2) is 5.65 Å². The number of nitrogens with zero attached hydrogens (tertiary/aromatic N) is 3. The van der Waals surface area contributed by atoms with Crippen molar-refractivity contribution in [3.8, 4) is 11.1 Å². The molecule has 1 fully saturated rings. The highest BCUT2D eigenvalue weighted by atomic mass is 79.9. The Balaban J connectivity index is 1.56. The van der Waals surface area contributed by atoms with Gasteiger partial charge in [-0.25, -0.2) is 4.98 Å². The molecule has 1 aliphatic carbocycles. The van der Waals surface area contributed by atoms with Crippen LogP contribution in [0.15, 0.2) is 47.1 Å². The molecule has 32 heavy (non-hydrogen) atoms. The van der Waals surface area contributed by atoms with Crippen molar-refractivity contribution >= 4 is 44.1 Å². The lowest BCUT2D eigenvalue weighted by Gasteiger charge is -2.28. The average molecular weight is 493 g/mol. The molecule has 0 spiro atoms. The van der Waals surface area contributed by atoms with E-state index in [1.807, 2.05) is 25.3 Å². The predicted molar refractivity (Wildman–Crippen MR) is 130 cm³/mol. The minimum Gasteiger partial charge on any atom is -0.481 e.